The third kappa shape index (κ3) is 6.14. The Bertz CT molecular complexity index is 671. The molecule has 0 fully saturated rings. The molecule has 3 amide bonds. The molecule has 24 heavy (non-hydrogen) atoms. The van der Waals surface area contributed by atoms with Crippen LogP contribution in [0.1, 0.15) is 16.0 Å². The first kappa shape index (κ1) is 18.2. The zero-order valence-corrected chi connectivity index (χ0v) is 14.9. The topological polar surface area (TPSA) is 61.4 Å². The van der Waals surface area contributed by atoms with Crippen LogP contribution in [0.15, 0.2) is 41.8 Å². The summed E-state index contributed by atoms with van der Waals surface area (Å²) < 4.78 is 0. The zero-order chi connectivity index (χ0) is 17.4. The van der Waals surface area contributed by atoms with Gasteiger partial charge in [-0.25, -0.2) is 4.79 Å². The van der Waals surface area contributed by atoms with E-state index in [2.05, 4.69) is 10.6 Å². The number of thiophene rings is 1. The van der Waals surface area contributed by atoms with E-state index in [4.69, 9.17) is 0 Å². The summed E-state index contributed by atoms with van der Waals surface area (Å²) in [4.78, 5) is 26.7. The van der Waals surface area contributed by atoms with Gasteiger partial charge in [0.1, 0.15) is 0 Å². The second kappa shape index (κ2) is 9.20. The van der Waals surface area contributed by atoms with E-state index >= 15 is 0 Å². The number of nitrogens with one attached hydrogen (secondary N) is 2. The highest BCUT2D eigenvalue weighted by Gasteiger charge is 2.11. The third-order valence-corrected chi connectivity index (χ3v) is 4.54. The van der Waals surface area contributed by atoms with E-state index in [1.807, 2.05) is 60.6 Å². The van der Waals surface area contributed by atoms with Crippen molar-refractivity contribution in [1.29, 1.82) is 0 Å². The van der Waals surface area contributed by atoms with Crippen LogP contribution in [0.5, 0.6) is 0 Å². The van der Waals surface area contributed by atoms with Gasteiger partial charge in [-0.15, -0.1) is 11.3 Å². The Morgan fingerprint density at radius 2 is 1.96 bits per heavy atom. The molecule has 0 aliphatic heterocycles. The smallest absolute Gasteiger partial charge is 0.321 e. The Kier molecular flexibility index (Phi) is 6.96. The normalized spacial score (nSPS) is 10.6. The van der Waals surface area contributed by atoms with Crippen LogP contribution in [-0.4, -0.2) is 37.0 Å². The fourth-order valence-corrected chi connectivity index (χ4v) is 3.05. The van der Waals surface area contributed by atoms with Crippen LogP contribution in [0.2, 0.25) is 0 Å². The van der Waals surface area contributed by atoms with E-state index in [1.54, 1.807) is 11.3 Å². The zero-order valence-electron chi connectivity index (χ0n) is 14.0. The first-order valence-corrected chi connectivity index (χ1v) is 8.75. The maximum absolute atomic E-state index is 11.9. The summed E-state index contributed by atoms with van der Waals surface area (Å²) in [6, 6.07) is 11.6. The number of likely N-dealkylation sites (N-methyl/N-ethyl adjacent to an activating group) is 1. The highest BCUT2D eigenvalue weighted by atomic mass is 32.1. The molecule has 0 saturated carbocycles. The number of rotatable bonds is 7. The fourth-order valence-electron chi connectivity index (χ4n) is 2.34. The summed E-state index contributed by atoms with van der Waals surface area (Å²) in [6.45, 7) is 3.40. The molecule has 6 heteroatoms. The average molecular weight is 345 g/mol. The van der Waals surface area contributed by atoms with Crippen molar-refractivity contribution in [3.05, 3.63) is 57.8 Å². The van der Waals surface area contributed by atoms with Crippen LogP contribution >= 0.6 is 11.3 Å². The van der Waals surface area contributed by atoms with E-state index in [-0.39, 0.29) is 12.5 Å². The summed E-state index contributed by atoms with van der Waals surface area (Å²) in [5.41, 5.74) is 2.37. The van der Waals surface area contributed by atoms with Gasteiger partial charge in [-0.05, 0) is 43.0 Å². The molecule has 1 aromatic carbocycles. The van der Waals surface area contributed by atoms with Crippen LogP contribution in [0.25, 0.3) is 0 Å². The van der Waals surface area contributed by atoms with Crippen molar-refractivity contribution in [1.82, 2.24) is 15.5 Å². The van der Waals surface area contributed by atoms with Gasteiger partial charge in [0.05, 0.1) is 6.54 Å². The largest absolute Gasteiger partial charge is 0.337 e. The van der Waals surface area contributed by atoms with Crippen molar-refractivity contribution in [2.24, 2.45) is 0 Å². The number of imide groups is 1. The second-order valence-electron chi connectivity index (χ2n) is 5.73. The lowest BCUT2D eigenvalue weighted by atomic mass is 10.1. The van der Waals surface area contributed by atoms with Crippen molar-refractivity contribution < 1.29 is 9.59 Å². The van der Waals surface area contributed by atoms with E-state index in [0.29, 0.717) is 13.1 Å². The monoisotopic (exact) mass is 345 g/mol. The molecular weight excluding hydrogens is 322 g/mol. The lowest BCUT2D eigenvalue weighted by Gasteiger charge is -2.17. The van der Waals surface area contributed by atoms with E-state index in [9.17, 15) is 9.59 Å². The highest BCUT2D eigenvalue weighted by molar-refractivity contribution is 7.09. The summed E-state index contributed by atoms with van der Waals surface area (Å²) in [5.74, 6) is -0.306. The molecule has 128 valence electrons. The fraction of sp³-hybridized carbons (Fsp3) is 0.333. The number of urea groups is 1. The minimum atomic E-state index is -0.444. The minimum absolute atomic E-state index is 0.173. The molecule has 2 aromatic rings. The number of nitrogens with zero attached hydrogens (tertiary/aromatic N) is 1. The van der Waals surface area contributed by atoms with Gasteiger partial charge in [0.2, 0.25) is 5.91 Å². The van der Waals surface area contributed by atoms with Crippen molar-refractivity contribution in [2.75, 3.05) is 20.1 Å². The van der Waals surface area contributed by atoms with E-state index in [1.165, 1.54) is 16.0 Å². The Labute approximate surface area is 146 Å². The van der Waals surface area contributed by atoms with Crippen molar-refractivity contribution in [2.45, 2.75) is 19.9 Å². The first-order valence-electron chi connectivity index (χ1n) is 7.87. The molecule has 2 N–H and O–H groups in total. The Balaban J connectivity index is 1.68. The van der Waals surface area contributed by atoms with Gasteiger partial charge >= 0.3 is 6.03 Å². The molecule has 5 nitrogen and oxygen atoms in total. The van der Waals surface area contributed by atoms with Gasteiger partial charge in [-0.2, -0.15) is 0 Å². The number of hydrogen-bond acceptors (Lipinski definition) is 4. The quantitative estimate of drug-likeness (QED) is 0.811. The van der Waals surface area contributed by atoms with Gasteiger partial charge in [-0.3, -0.25) is 15.0 Å². The van der Waals surface area contributed by atoms with Crippen molar-refractivity contribution in [3.63, 3.8) is 0 Å². The van der Waals surface area contributed by atoms with Gasteiger partial charge in [0, 0.05) is 18.0 Å². The van der Waals surface area contributed by atoms with Crippen LogP contribution < -0.4 is 10.6 Å². The number of aryl methyl sites for hydroxylation is 1. The molecule has 1 heterocycles. The van der Waals surface area contributed by atoms with Gasteiger partial charge < -0.3 is 5.32 Å². The molecular formula is C18H23N3O2S. The highest BCUT2D eigenvalue weighted by Crippen LogP contribution is 2.09. The maximum Gasteiger partial charge on any atom is 0.321 e. The molecule has 0 atom stereocenters. The number of hydrogen-bond donors (Lipinski definition) is 2. The lowest BCUT2D eigenvalue weighted by molar-refractivity contribution is -0.120. The molecule has 0 aliphatic rings. The summed E-state index contributed by atoms with van der Waals surface area (Å²) >= 11 is 1.65. The number of amides is 3. The van der Waals surface area contributed by atoms with E-state index < -0.39 is 6.03 Å². The van der Waals surface area contributed by atoms with Gasteiger partial charge in [0.15, 0.2) is 0 Å². The maximum atomic E-state index is 11.9. The SMILES string of the molecule is Cc1ccccc1CN(C)CC(=O)NC(=O)NCCc1cccs1. The van der Waals surface area contributed by atoms with E-state index in [0.717, 1.165) is 6.42 Å². The van der Waals surface area contributed by atoms with Crippen molar-refractivity contribution >= 4 is 23.3 Å². The molecule has 0 saturated heterocycles. The molecule has 0 aliphatic carbocycles. The second-order valence-corrected chi connectivity index (χ2v) is 6.76. The molecule has 0 radical (unpaired) electrons. The third-order valence-electron chi connectivity index (χ3n) is 3.61. The van der Waals surface area contributed by atoms with Crippen LogP contribution in [-0.2, 0) is 17.8 Å². The Hall–Kier alpha value is -2.18. The summed E-state index contributed by atoms with van der Waals surface area (Å²) in [7, 11) is 1.86. The molecule has 0 unspecified atom stereocenters. The summed E-state index contributed by atoms with van der Waals surface area (Å²) in [6.07, 6.45) is 0.770. The van der Waals surface area contributed by atoms with Crippen LogP contribution in [0.4, 0.5) is 4.79 Å². The standard InChI is InChI=1S/C18H23N3O2S/c1-14-6-3-4-7-15(14)12-21(2)13-17(22)20-18(23)19-10-9-16-8-5-11-24-16/h3-8,11H,9-10,12-13H2,1-2H3,(H2,19,20,22,23). The average Bonchev–Trinajstić information content (AvgIpc) is 3.02. The minimum Gasteiger partial charge on any atom is -0.337 e. The predicted molar refractivity (Wildman–Crippen MR) is 97.1 cm³/mol. The van der Waals surface area contributed by atoms with Gasteiger partial charge in [-0.1, -0.05) is 30.3 Å². The van der Waals surface area contributed by atoms with Gasteiger partial charge in [0.25, 0.3) is 0 Å². The Morgan fingerprint density at radius 1 is 1.17 bits per heavy atom. The van der Waals surface area contributed by atoms with Crippen molar-refractivity contribution in [3.8, 4) is 0 Å². The predicted octanol–water partition coefficient (Wildman–Crippen LogP) is 2.56. The molecule has 2 rings (SSSR count). The number of carbonyl (C=O) groups excluding carboxylic acids is 2. The Morgan fingerprint density at radius 3 is 2.67 bits per heavy atom. The molecule has 1 aromatic heterocycles. The van der Waals surface area contributed by atoms with Crippen LogP contribution in [0, 0.1) is 6.92 Å². The summed E-state index contributed by atoms with van der Waals surface area (Å²) in [5, 5.41) is 7.07. The first-order chi connectivity index (χ1) is 11.5. The van der Waals surface area contributed by atoms with Crippen LogP contribution in [0.3, 0.4) is 0 Å². The number of carbonyl (C=O) groups is 2. The molecule has 0 spiro atoms. The number of benzene rings is 1. The lowest BCUT2D eigenvalue weighted by Crippen LogP contribution is -2.44. The molecule has 0 bridgehead atoms.